The van der Waals surface area contributed by atoms with Gasteiger partial charge in [-0.3, -0.25) is 4.79 Å². The maximum Gasteiger partial charge on any atom is 0.240 e. The van der Waals surface area contributed by atoms with Crippen molar-refractivity contribution in [3.05, 3.63) is 0 Å². The van der Waals surface area contributed by atoms with Crippen molar-refractivity contribution in [3.63, 3.8) is 0 Å². The fraction of sp³-hybridized carbons (Fsp3) is 0.941. The van der Waals surface area contributed by atoms with Gasteiger partial charge in [-0.1, -0.05) is 27.2 Å². The van der Waals surface area contributed by atoms with Gasteiger partial charge in [-0.25, -0.2) is 0 Å². The molecule has 20 heavy (non-hydrogen) atoms. The van der Waals surface area contributed by atoms with Crippen molar-refractivity contribution < 1.29 is 4.79 Å². The summed E-state index contributed by atoms with van der Waals surface area (Å²) in [7, 11) is 0. The molecule has 1 saturated carbocycles. The number of rotatable bonds is 4. The third-order valence-corrected chi connectivity index (χ3v) is 5.95. The Morgan fingerprint density at radius 2 is 1.95 bits per heavy atom. The fourth-order valence-corrected chi connectivity index (χ4v) is 3.74. The summed E-state index contributed by atoms with van der Waals surface area (Å²) < 4.78 is 0. The first-order valence-electron chi connectivity index (χ1n) is 8.43. The third kappa shape index (κ3) is 3.36. The summed E-state index contributed by atoms with van der Waals surface area (Å²) in [5, 5.41) is 6.64. The maximum absolute atomic E-state index is 12.4. The molecule has 0 radical (unpaired) electrons. The van der Waals surface area contributed by atoms with Crippen LogP contribution in [0, 0.1) is 11.3 Å². The normalized spacial score (nSPS) is 35.0. The van der Waals surface area contributed by atoms with E-state index < -0.39 is 0 Å². The summed E-state index contributed by atoms with van der Waals surface area (Å²) in [6.45, 7) is 10.1. The van der Waals surface area contributed by atoms with E-state index in [1.54, 1.807) is 0 Å². The van der Waals surface area contributed by atoms with E-state index in [9.17, 15) is 4.79 Å². The highest BCUT2D eigenvalue weighted by Gasteiger charge is 2.38. The van der Waals surface area contributed by atoms with Gasteiger partial charge in [-0.2, -0.15) is 0 Å². The van der Waals surface area contributed by atoms with Crippen molar-refractivity contribution >= 4 is 5.91 Å². The highest BCUT2D eigenvalue weighted by atomic mass is 16.2. The van der Waals surface area contributed by atoms with Crippen molar-refractivity contribution in [2.24, 2.45) is 11.3 Å². The minimum atomic E-state index is -0.320. The molecule has 1 atom stereocenters. The Morgan fingerprint density at radius 1 is 1.30 bits per heavy atom. The standard InChI is InChI=1S/C17H32N2O/c1-5-16(2,3)13-7-9-14(10-8-13)19-15(20)17(4)11-6-12-18-17/h13-14,18H,5-12H2,1-4H3,(H,19,20). The van der Waals surface area contributed by atoms with Gasteiger partial charge in [0.05, 0.1) is 5.54 Å². The summed E-state index contributed by atoms with van der Waals surface area (Å²) in [6, 6.07) is 0.394. The fourth-order valence-electron chi connectivity index (χ4n) is 3.74. The van der Waals surface area contributed by atoms with Crippen LogP contribution in [-0.4, -0.2) is 24.0 Å². The molecule has 1 aliphatic carbocycles. The van der Waals surface area contributed by atoms with Crippen molar-refractivity contribution in [2.75, 3.05) is 6.54 Å². The van der Waals surface area contributed by atoms with Crippen molar-refractivity contribution in [1.82, 2.24) is 10.6 Å². The molecule has 0 aromatic heterocycles. The smallest absolute Gasteiger partial charge is 0.240 e. The zero-order chi connectivity index (χ0) is 14.8. The molecule has 1 amide bonds. The lowest BCUT2D eigenvalue weighted by Crippen LogP contribution is -2.54. The summed E-state index contributed by atoms with van der Waals surface area (Å²) in [5.41, 5.74) is 0.132. The van der Waals surface area contributed by atoms with Gasteiger partial charge in [-0.05, 0) is 63.3 Å². The Hall–Kier alpha value is -0.570. The molecule has 116 valence electrons. The molecule has 0 aromatic carbocycles. The molecule has 0 spiro atoms. The molecular formula is C17H32N2O. The Morgan fingerprint density at radius 3 is 2.45 bits per heavy atom. The Kier molecular flexibility index (Phi) is 4.78. The van der Waals surface area contributed by atoms with Crippen molar-refractivity contribution in [2.45, 2.75) is 84.2 Å². The quantitative estimate of drug-likeness (QED) is 0.830. The van der Waals surface area contributed by atoms with Gasteiger partial charge in [0.15, 0.2) is 0 Å². The van der Waals surface area contributed by atoms with Crippen LogP contribution in [0.1, 0.15) is 72.6 Å². The van der Waals surface area contributed by atoms with Gasteiger partial charge < -0.3 is 10.6 Å². The maximum atomic E-state index is 12.4. The van der Waals surface area contributed by atoms with Crippen LogP contribution in [0.25, 0.3) is 0 Å². The van der Waals surface area contributed by atoms with Crippen LogP contribution in [-0.2, 0) is 4.79 Å². The van der Waals surface area contributed by atoms with Crippen LogP contribution >= 0.6 is 0 Å². The van der Waals surface area contributed by atoms with E-state index >= 15 is 0 Å². The molecule has 1 heterocycles. The molecule has 3 heteroatoms. The van der Waals surface area contributed by atoms with E-state index in [1.807, 2.05) is 6.92 Å². The van der Waals surface area contributed by atoms with Gasteiger partial charge >= 0.3 is 0 Å². The average molecular weight is 280 g/mol. The predicted octanol–water partition coefficient (Wildman–Crippen LogP) is 3.24. The van der Waals surface area contributed by atoms with E-state index in [2.05, 4.69) is 31.4 Å². The van der Waals surface area contributed by atoms with Crippen LogP contribution in [0.2, 0.25) is 0 Å². The van der Waals surface area contributed by atoms with Crippen LogP contribution < -0.4 is 10.6 Å². The first-order valence-corrected chi connectivity index (χ1v) is 8.43. The van der Waals surface area contributed by atoms with Gasteiger partial charge in [0.25, 0.3) is 0 Å². The number of carbonyl (C=O) groups is 1. The number of carbonyl (C=O) groups excluding carboxylic acids is 1. The second-order valence-corrected chi connectivity index (χ2v) is 7.73. The summed E-state index contributed by atoms with van der Waals surface area (Å²) >= 11 is 0. The molecule has 2 rings (SSSR count). The summed E-state index contributed by atoms with van der Waals surface area (Å²) in [6.07, 6.45) is 8.15. The Labute approximate surface area is 124 Å². The van der Waals surface area contributed by atoms with Gasteiger partial charge in [-0.15, -0.1) is 0 Å². The van der Waals surface area contributed by atoms with Crippen molar-refractivity contribution in [1.29, 1.82) is 0 Å². The lowest BCUT2D eigenvalue weighted by atomic mass is 9.69. The number of hydrogen-bond acceptors (Lipinski definition) is 2. The lowest BCUT2D eigenvalue weighted by molar-refractivity contribution is -0.127. The molecule has 0 aromatic rings. The largest absolute Gasteiger partial charge is 0.352 e. The summed E-state index contributed by atoms with van der Waals surface area (Å²) in [5.74, 6) is 1.04. The second kappa shape index (κ2) is 6.05. The van der Waals surface area contributed by atoms with Crippen LogP contribution in [0.15, 0.2) is 0 Å². The third-order valence-electron chi connectivity index (χ3n) is 5.95. The van der Waals surface area contributed by atoms with E-state index in [0.717, 1.165) is 38.1 Å². The van der Waals surface area contributed by atoms with Gasteiger partial charge in [0.1, 0.15) is 0 Å². The number of amides is 1. The Bertz CT molecular complexity index is 337. The van der Waals surface area contributed by atoms with Crippen LogP contribution in [0.5, 0.6) is 0 Å². The predicted molar refractivity (Wildman–Crippen MR) is 83.6 cm³/mol. The monoisotopic (exact) mass is 280 g/mol. The topological polar surface area (TPSA) is 41.1 Å². The highest BCUT2D eigenvalue weighted by Crippen LogP contribution is 2.40. The minimum Gasteiger partial charge on any atom is -0.352 e. The van der Waals surface area contributed by atoms with E-state index in [1.165, 1.54) is 19.3 Å². The van der Waals surface area contributed by atoms with Crippen molar-refractivity contribution in [3.8, 4) is 0 Å². The zero-order valence-electron chi connectivity index (χ0n) is 13.7. The average Bonchev–Trinajstić information content (AvgIpc) is 2.88. The zero-order valence-corrected chi connectivity index (χ0v) is 13.7. The SMILES string of the molecule is CCC(C)(C)C1CCC(NC(=O)C2(C)CCCN2)CC1. The molecular weight excluding hydrogens is 248 g/mol. The van der Waals surface area contributed by atoms with Gasteiger partial charge in [0, 0.05) is 6.04 Å². The molecule has 3 nitrogen and oxygen atoms in total. The number of nitrogens with one attached hydrogen (secondary N) is 2. The molecule has 2 N–H and O–H groups in total. The lowest BCUT2D eigenvalue weighted by Gasteiger charge is -2.39. The van der Waals surface area contributed by atoms with Crippen LogP contribution in [0.4, 0.5) is 0 Å². The second-order valence-electron chi connectivity index (χ2n) is 7.73. The van der Waals surface area contributed by atoms with E-state index in [-0.39, 0.29) is 11.4 Å². The Balaban J connectivity index is 1.81. The molecule has 1 aliphatic heterocycles. The number of hydrogen-bond donors (Lipinski definition) is 2. The summed E-state index contributed by atoms with van der Waals surface area (Å²) in [4.78, 5) is 12.4. The first-order chi connectivity index (χ1) is 9.37. The molecule has 0 bridgehead atoms. The highest BCUT2D eigenvalue weighted by molar-refractivity contribution is 5.86. The van der Waals surface area contributed by atoms with Crippen LogP contribution in [0.3, 0.4) is 0 Å². The van der Waals surface area contributed by atoms with E-state index in [0.29, 0.717) is 11.5 Å². The molecule has 2 fully saturated rings. The first kappa shape index (κ1) is 15.8. The molecule has 1 unspecified atom stereocenters. The molecule has 1 saturated heterocycles. The minimum absolute atomic E-state index is 0.216. The molecule has 2 aliphatic rings. The van der Waals surface area contributed by atoms with E-state index in [4.69, 9.17) is 0 Å². The van der Waals surface area contributed by atoms with Gasteiger partial charge in [0.2, 0.25) is 5.91 Å².